The minimum Gasteiger partial charge on any atom is -0.497 e. The Labute approximate surface area is 121 Å². The van der Waals surface area contributed by atoms with Gasteiger partial charge in [-0.1, -0.05) is 23.2 Å². The number of methoxy groups -OCH3 is 1. The van der Waals surface area contributed by atoms with Gasteiger partial charge in [-0.3, -0.25) is 4.79 Å². The van der Waals surface area contributed by atoms with Crippen molar-refractivity contribution in [2.75, 3.05) is 7.11 Å². The molecule has 0 aromatic heterocycles. The van der Waals surface area contributed by atoms with Gasteiger partial charge in [-0.05, 0) is 48.9 Å². The summed E-state index contributed by atoms with van der Waals surface area (Å²) in [5.41, 5.74) is 2.00. The highest BCUT2D eigenvalue weighted by Gasteiger charge is 2.13. The van der Waals surface area contributed by atoms with Crippen molar-refractivity contribution in [1.29, 1.82) is 0 Å². The second kappa shape index (κ2) is 5.64. The van der Waals surface area contributed by atoms with E-state index in [4.69, 9.17) is 27.9 Å². The van der Waals surface area contributed by atoms with E-state index in [9.17, 15) is 4.79 Å². The van der Waals surface area contributed by atoms with Gasteiger partial charge in [-0.15, -0.1) is 0 Å². The monoisotopic (exact) mass is 294 g/mol. The number of carbonyl (C=O) groups is 1. The number of aryl methyl sites for hydroxylation is 1. The van der Waals surface area contributed by atoms with Gasteiger partial charge in [0.15, 0.2) is 5.78 Å². The minimum atomic E-state index is -0.0845. The summed E-state index contributed by atoms with van der Waals surface area (Å²) in [7, 11) is 1.59. The van der Waals surface area contributed by atoms with E-state index in [1.54, 1.807) is 37.4 Å². The fraction of sp³-hybridized carbons (Fsp3) is 0.133. The van der Waals surface area contributed by atoms with Crippen LogP contribution < -0.4 is 4.74 Å². The maximum atomic E-state index is 12.4. The van der Waals surface area contributed by atoms with Gasteiger partial charge in [0, 0.05) is 11.1 Å². The molecule has 0 N–H and O–H groups in total. The molecule has 0 atom stereocenters. The molecule has 0 aliphatic heterocycles. The first-order valence-corrected chi connectivity index (χ1v) is 6.43. The van der Waals surface area contributed by atoms with Crippen LogP contribution in [0.1, 0.15) is 21.5 Å². The lowest BCUT2D eigenvalue weighted by Gasteiger charge is -2.08. The van der Waals surface area contributed by atoms with Crippen LogP contribution in [0, 0.1) is 6.92 Å². The largest absolute Gasteiger partial charge is 0.497 e. The van der Waals surface area contributed by atoms with Crippen LogP contribution in [0.5, 0.6) is 5.75 Å². The van der Waals surface area contributed by atoms with E-state index < -0.39 is 0 Å². The molecular weight excluding hydrogens is 283 g/mol. The van der Waals surface area contributed by atoms with E-state index in [1.165, 1.54) is 0 Å². The first-order valence-electron chi connectivity index (χ1n) is 5.67. The Hall–Kier alpha value is -1.51. The van der Waals surface area contributed by atoms with Gasteiger partial charge >= 0.3 is 0 Å². The Morgan fingerprint density at radius 2 is 1.79 bits per heavy atom. The molecular formula is C15H12Cl2O2. The first-order chi connectivity index (χ1) is 9.02. The summed E-state index contributed by atoms with van der Waals surface area (Å²) >= 11 is 11.8. The fourth-order valence-electron chi connectivity index (χ4n) is 1.81. The third-order valence-corrected chi connectivity index (χ3v) is 3.60. The SMILES string of the molecule is COc1ccc(C(=O)c2ccc(Cl)c(Cl)c2)c(C)c1. The topological polar surface area (TPSA) is 26.3 Å². The second-order valence-electron chi connectivity index (χ2n) is 4.14. The molecule has 0 saturated carbocycles. The van der Waals surface area contributed by atoms with Gasteiger partial charge in [-0.25, -0.2) is 0 Å². The summed E-state index contributed by atoms with van der Waals surface area (Å²) in [6.45, 7) is 1.87. The number of rotatable bonds is 3. The molecule has 2 rings (SSSR count). The number of ketones is 1. The van der Waals surface area contributed by atoms with Crippen LogP contribution in [0.15, 0.2) is 36.4 Å². The Morgan fingerprint density at radius 1 is 1.05 bits per heavy atom. The average Bonchev–Trinajstić information content (AvgIpc) is 2.41. The maximum absolute atomic E-state index is 12.4. The predicted molar refractivity (Wildman–Crippen MR) is 77.6 cm³/mol. The summed E-state index contributed by atoms with van der Waals surface area (Å²) in [5, 5.41) is 0.809. The van der Waals surface area contributed by atoms with E-state index in [2.05, 4.69) is 0 Å². The molecule has 0 spiro atoms. The van der Waals surface area contributed by atoms with Crippen molar-refractivity contribution in [1.82, 2.24) is 0 Å². The van der Waals surface area contributed by atoms with E-state index in [-0.39, 0.29) is 5.78 Å². The van der Waals surface area contributed by atoms with E-state index in [0.29, 0.717) is 21.2 Å². The van der Waals surface area contributed by atoms with Crippen molar-refractivity contribution in [3.63, 3.8) is 0 Å². The van der Waals surface area contributed by atoms with Crippen molar-refractivity contribution in [2.45, 2.75) is 6.92 Å². The summed E-state index contributed by atoms with van der Waals surface area (Å²) < 4.78 is 5.12. The highest BCUT2D eigenvalue weighted by molar-refractivity contribution is 6.42. The fourth-order valence-corrected chi connectivity index (χ4v) is 2.11. The molecule has 0 radical (unpaired) electrons. The zero-order valence-corrected chi connectivity index (χ0v) is 12.0. The lowest BCUT2D eigenvalue weighted by Crippen LogP contribution is -2.04. The van der Waals surface area contributed by atoms with Gasteiger partial charge in [-0.2, -0.15) is 0 Å². The first kappa shape index (κ1) is 13.9. The molecule has 0 saturated heterocycles. The zero-order valence-electron chi connectivity index (χ0n) is 10.5. The molecule has 2 nitrogen and oxygen atoms in total. The molecule has 0 aliphatic carbocycles. The molecule has 2 aromatic carbocycles. The Bertz CT molecular complexity index is 636. The number of benzene rings is 2. The van der Waals surface area contributed by atoms with E-state index in [0.717, 1.165) is 11.3 Å². The van der Waals surface area contributed by atoms with Crippen LogP contribution in [0.3, 0.4) is 0 Å². The van der Waals surface area contributed by atoms with E-state index >= 15 is 0 Å². The van der Waals surface area contributed by atoms with Crippen LogP contribution in [0.2, 0.25) is 10.0 Å². The number of hydrogen-bond donors (Lipinski definition) is 0. The average molecular weight is 295 g/mol. The predicted octanol–water partition coefficient (Wildman–Crippen LogP) is 4.54. The van der Waals surface area contributed by atoms with Gasteiger partial charge in [0.2, 0.25) is 0 Å². The third kappa shape index (κ3) is 2.91. The summed E-state index contributed by atoms with van der Waals surface area (Å²) in [5.74, 6) is 0.641. The highest BCUT2D eigenvalue weighted by atomic mass is 35.5. The number of ether oxygens (including phenoxy) is 1. The smallest absolute Gasteiger partial charge is 0.193 e. The Morgan fingerprint density at radius 3 is 2.37 bits per heavy atom. The molecule has 0 heterocycles. The molecule has 98 valence electrons. The highest BCUT2D eigenvalue weighted by Crippen LogP contribution is 2.25. The summed E-state index contributed by atoms with van der Waals surface area (Å²) in [6.07, 6.45) is 0. The van der Waals surface area contributed by atoms with Crippen molar-refractivity contribution in [2.24, 2.45) is 0 Å². The van der Waals surface area contributed by atoms with Gasteiger partial charge in [0.05, 0.1) is 17.2 Å². The van der Waals surface area contributed by atoms with Crippen molar-refractivity contribution in [3.05, 3.63) is 63.1 Å². The normalized spacial score (nSPS) is 10.3. The molecule has 0 bridgehead atoms. The number of halogens is 2. The summed E-state index contributed by atoms with van der Waals surface area (Å²) in [6, 6.07) is 10.2. The molecule has 2 aromatic rings. The third-order valence-electron chi connectivity index (χ3n) is 2.86. The van der Waals surface area contributed by atoms with Gasteiger partial charge < -0.3 is 4.74 Å². The molecule has 0 unspecified atom stereocenters. The number of carbonyl (C=O) groups excluding carboxylic acids is 1. The van der Waals surface area contributed by atoms with Crippen LogP contribution in [-0.4, -0.2) is 12.9 Å². The van der Waals surface area contributed by atoms with E-state index in [1.807, 2.05) is 13.0 Å². The molecule has 0 fully saturated rings. The van der Waals surface area contributed by atoms with Crippen LogP contribution >= 0.6 is 23.2 Å². The Balaban J connectivity index is 2.41. The standard InChI is InChI=1S/C15H12Cl2O2/c1-9-7-11(19-2)4-5-12(9)15(18)10-3-6-13(16)14(17)8-10/h3-8H,1-2H3. The lowest BCUT2D eigenvalue weighted by molar-refractivity contribution is 0.103. The van der Waals surface area contributed by atoms with Gasteiger partial charge in [0.25, 0.3) is 0 Å². The van der Waals surface area contributed by atoms with Crippen LogP contribution in [0.25, 0.3) is 0 Å². The molecule has 19 heavy (non-hydrogen) atoms. The molecule has 4 heteroatoms. The second-order valence-corrected chi connectivity index (χ2v) is 4.95. The zero-order chi connectivity index (χ0) is 14.0. The van der Waals surface area contributed by atoms with Gasteiger partial charge in [0.1, 0.15) is 5.75 Å². The van der Waals surface area contributed by atoms with Crippen LogP contribution in [-0.2, 0) is 0 Å². The summed E-state index contributed by atoms with van der Waals surface area (Å²) in [4.78, 5) is 12.4. The minimum absolute atomic E-state index is 0.0845. The maximum Gasteiger partial charge on any atom is 0.193 e. The van der Waals surface area contributed by atoms with Crippen LogP contribution in [0.4, 0.5) is 0 Å². The quantitative estimate of drug-likeness (QED) is 0.777. The molecule has 0 amide bonds. The lowest BCUT2D eigenvalue weighted by atomic mass is 9.99. The van der Waals surface area contributed by atoms with Crippen molar-refractivity contribution >= 4 is 29.0 Å². The van der Waals surface area contributed by atoms with Crippen molar-refractivity contribution in [3.8, 4) is 5.75 Å². The van der Waals surface area contributed by atoms with Crippen molar-refractivity contribution < 1.29 is 9.53 Å². The number of hydrogen-bond acceptors (Lipinski definition) is 2. The molecule has 0 aliphatic rings. The Kier molecular flexibility index (Phi) is 4.13.